The fraction of sp³-hybridized carbons (Fsp3) is 0.500. The Hall–Kier alpha value is -1.14. The van der Waals surface area contributed by atoms with Crippen molar-refractivity contribution < 1.29 is 0 Å². The third-order valence-corrected chi connectivity index (χ3v) is 2.16. The van der Waals surface area contributed by atoms with E-state index in [0.717, 1.165) is 37.8 Å². The summed E-state index contributed by atoms with van der Waals surface area (Å²) in [6, 6.07) is 0. The average molecular weight is 212 g/mol. The molecule has 0 saturated carbocycles. The molecule has 3 nitrogen and oxygen atoms in total. The molecule has 0 aromatic carbocycles. The molecule has 0 atom stereocenters. The van der Waals surface area contributed by atoms with E-state index in [0.29, 0.717) is 5.95 Å². The number of halogens is 1. The van der Waals surface area contributed by atoms with Crippen LogP contribution < -0.4 is 4.84 Å². The standard InChI is InChI=1S/C10H14ClN3/c1-2-3-4-5-6-7-9-8-12-10(13-9)14-11/h1,8H,3-7H2,(H2,12,13,14). The number of terminal acetylenes is 1. The number of aromatic amines is 1. The SMILES string of the molecule is C#CCCCCCc1cnc(NCl)[nH]1. The highest BCUT2D eigenvalue weighted by atomic mass is 35.5. The molecule has 0 radical (unpaired) electrons. The van der Waals surface area contributed by atoms with Gasteiger partial charge in [-0.3, -0.25) is 4.84 Å². The number of imidazole rings is 1. The summed E-state index contributed by atoms with van der Waals surface area (Å²) in [6.45, 7) is 0. The lowest BCUT2D eigenvalue weighted by Crippen LogP contribution is -1.87. The van der Waals surface area contributed by atoms with E-state index in [9.17, 15) is 0 Å². The van der Waals surface area contributed by atoms with Crippen molar-refractivity contribution in [3.63, 3.8) is 0 Å². The molecule has 14 heavy (non-hydrogen) atoms. The minimum Gasteiger partial charge on any atom is -0.327 e. The van der Waals surface area contributed by atoms with Gasteiger partial charge in [0.2, 0.25) is 5.95 Å². The maximum Gasteiger partial charge on any atom is 0.215 e. The van der Waals surface area contributed by atoms with Crippen molar-refractivity contribution in [1.82, 2.24) is 9.97 Å². The van der Waals surface area contributed by atoms with Crippen LogP contribution in [-0.4, -0.2) is 9.97 Å². The number of unbranched alkanes of at least 4 members (excludes halogenated alkanes) is 3. The number of H-pyrrole nitrogens is 1. The van der Waals surface area contributed by atoms with Gasteiger partial charge in [-0.25, -0.2) is 4.98 Å². The molecule has 0 aliphatic carbocycles. The molecule has 76 valence electrons. The van der Waals surface area contributed by atoms with E-state index in [1.54, 1.807) is 6.20 Å². The van der Waals surface area contributed by atoms with Gasteiger partial charge in [0.1, 0.15) is 0 Å². The molecule has 0 aliphatic heterocycles. The van der Waals surface area contributed by atoms with E-state index in [2.05, 4.69) is 20.7 Å². The lowest BCUT2D eigenvalue weighted by molar-refractivity contribution is 0.686. The zero-order chi connectivity index (χ0) is 10.2. The van der Waals surface area contributed by atoms with Crippen molar-refractivity contribution in [3.05, 3.63) is 11.9 Å². The van der Waals surface area contributed by atoms with Gasteiger partial charge in [0.05, 0.1) is 6.20 Å². The summed E-state index contributed by atoms with van der Waals surface area (Å²) in [5.41, 5.74) is 1.11. The predicted octanol–water partition coefficient (Wildman–Crippen LogP) is 2.71. The van der Waals surface area contributed by atoms with Crippen LogP contribution in [0.2, 0.25) is 0 Å². The van der Waals surface area contributed by atoms with Gasteiger partial charge in [0, 0.05) is 23.9 Å². The molecule has 0 unspecified atom stereocenters. The van der Waals surface area contributed by atoms with Crippen LogP contribution >= 0.6 is 11.8 Å². The number of anilines is 1. The normalized spacial score (nSPS) is 9.71. The highest BCUT2D eigenvalue weighted by Gasteiger charge is 1.98. The molecule has 1 heterocycles. The van der Waals surface area contributed by atoms with Crippen LogP contribution in [0.3, 0.4) is 0 Å². The van der Waals surface area contributed by atoms with Crippen molar-refractivity contribution in [2.75, 3.05) is 4.84 Å². The summed E-state index contributed by atoms with van der Waals surface area (Å²) < 4.78 is 0. The number of aryl methyl sites for hydroxylation is 1. The smallest absolute Gasteiger partial charge is 0.215 e. The van der Waals surface area contributed by atoms with Gasteiger partial charge >= 0.3 is 0 Å². The Labute approximate surface area is 89.4 Å². The fourth-order valence-electron chi connectivity index (χ4n) is 1.25. The molecule has 0 bridgehead atoms. The first kappa shape index (κ1) is 10.9. The van der Waals surface area contributed by atoms with E-state index in [1.807, 2.05) is 0 Å². The monoisotopic (exact) mass is 211 g/mol. The first-order chi connectivity index (χ1) is 6.86. The van der Waals surface area contributed by atoms with Crippen molar-refractivity contribution >= 4 is 17.7 Å². The highest BCUT2D eigenvalue weighted by molar-refractivity contribution is 6.23. The lowest BCUT2D eigenvalue weighted by atomic mass is 10.1. The molecule has 0 saturated heterocycles. The number of hydrogen-bond donors (Lipinski definition) is 2. The Kier molecular flexibility index (Phi) is 4.95. The molecule has 1 rings (SSSR count). The molecule has 0 aliphatic rings. The Morgan fingerprint density at radius 1 is 1.50 bits per heavy atom. The van der Waals surface area contributed by atoms with Crippen LogP contribution in [0, 0.1) is 12.3 Å². The zero-order valence-electron chi connectivity index (χ0n) is 8.02. The minimum atomic E-state index is 0.602. The Bertz CT molecular complexity index is 301. The Morgan fingerprint density at radius 2 is 2.36 bits per heavy atom. The summed E-state index contributed by atoms with van der Waals surface area (Å²) in [5.74, 6) is 3.23. The van der Waals surface area contributed by atoms with Crippen LogP contribution in [0.1, 0.15) is 31.4 Å². The molecule has 2 N–H and O–H groups in total. The second kappa shape index (κ2) is 6.33. The Balaban J connectivity index is 2.15. The minimum absolute atomic E-state index is 0.602. The highest BCUT2D eigenvalue weighted by Crippen LogP contribution is 2.08. The Morgan fingerprint density at radius 3 is 3.00 bits per heavy atom. The number of nitrogens with one attached hydrogen (secondary N) is 2. The van der Waals surface area contributed by atoms with E-state index in [-0.39, 0.29) is 0 Å². The zero-order valence-corrected chi connectivity index (χ0v) is 8.77. The molecule has 1 aromatic heterocycles. The number of rotatable bonds is 6. The summed E-state index contributed by atoms with van der Waals surface area (Å²) in [7, 11) is 0. The lowest BCUT2D eigenvalue weighted by Gasteiger charge is -1.96. The van der Waals surface area contributed by atoms with E-state index in [1.165, 1.54) is 0 Å². The summed E-state index contributed by atoms with van der Waals surface area (Å²) >= 11 is 5.38. The van der Waals surface area contributed by atoms with E-state index >= 15 is 0 Å². The number of aromatic nitrogens is 2. The van der Waals surface area contributed by atoms with Crippen LogP contribution in [0.15, 0.2) is 6.20 Å². The predicted molar refractivity (Wildman–Crippen MR) is 59.1 cm³/mol. The van der Waals surface area contributed by atoms with Crippen molar-refractivity contribution in [2.45, 2.75) is 32.1 Å². The van der Waals surface area contributed by atoms with Crippen molar-refractivity contribution in [1.29, 1.82) is 0 Å². The van der Waals surface area contributed by atoms with Gasteiger partial charge in [0.15, 0.2) is 0 Å². The topological polar surface area (TPSA) is 40.7 Å². The maximum atomic E-state index is 5.38. The fourth-order valence-corrected chi connectivity index (χ4v) is 1.35. The van der Waals surface area contributed by atoms with Gasteiger partial charge in [-0.2, -0.15) is 0 Å². The second-order valence-corrected chi connectivity index (χ2v) is 3.31. The van der Waals surface area contributed by atoms with Gasteiger partial charge in [0.25, 0.3) is 0 Å². The molecule has 0 fully saturated rings. The van der Waals surface area contributed by atoms with Gasteiger partial charge in [-0.05, 0) is 19.3 Å². The third-order valence-electron chi connectivity index (χ3n) is 1.99. The molecule has 0 spiro atoms. The summed E-state index contributed by atoms with van der Waals surface area (Å²) in [4.78, 5) is 9.52. The van der Waals surface area contributed by atoms with Crippen molar-refractivity contribution in [2.24, 2.45) is 0 Å². The summed E-state index contributed by atoms with van der Waals surface area (Å²) in [6.07, 6.45) is 12.2. The average Bonchev–Trinajstić information content (AvgIpc) is 2.65. The van der Waals surface area contributed by atoms with Crippen LogP contribution in [0.25, 0.3) is 0 Å². The van der Waals surface area contributed by atoms with E-state index in [4.69, 9.17) is 18.2 Å². The van der Waals surface area contributed by atoms with Crippen molar-refractivity contribution in [3.8, 4) is 12.3 Å². The van der Waals surface area contributed by atoms with Crippen LogP contribution in [0.4, 0.5) is 5.95 Å². The number of nitrogens with zero attached hydrogens (tertiary/aromatic N) is 1. The molecular weight excluding hydrogens is 198 g/mol. The van der Waals surface area contributed by atoms with Gasteiger partial charge < -0.3 is 4.98 Å². The summed E-state index contributed by atoms with van der Waals surface area (Å²) in [5, 5.41) is 0. The van der Waals surface area contributed by atoms with E-state index < -0.39 is 0 Å². The first-order valence-corrected chi connectivity index (χ1v) is 5.08. The third kappa shape index (κ3) is 3.71. The van der Waals surface area contributed by atoms with Crippen LogP contribution in [-0.2, 0) is 6.42 Å². The van der Waals surface area contributed by atoms with Gasteiger partial charge in [-0.15, -0.1) is 12.3 Å². The molecule has 4 heteroatoms. The largest absolute Gasteiger partial charge is 0.327 e. The number of hydrogen-bond acceptors (Lipinski definition) is 2. The second-order valence-electron chi connectivity index (χ2n) is 3.12. The quantitative estimate of drug-likeness (QED) is 0.432. The molecule has 0 amide bonds. The van der Waals surface area contributed by atoms with Crippen LogP contribution in [0.5, 0.6) is 0 Å². The maximum absolute atomic E-state index is 5.38. The van der Waals surface area contributed by atoms with Gasteiger partial charge in [-0.1, -0.05) is 6.42 Å². The molecule has 1 aromatic rings. The first-order valence-electron chi connectivity index (χ1n) is 4.71. The molecular formula is C10H14ClN3.